The minimum absolute atomic E-state index is 0.0297. The van der Waals surface area contributed by atoms with E-state index in [1.54, 1.807) is 6.92 Å². The second kappa shape index (κ2) is 7.07. The summed E-state index contributed by atoms with van der Waals surface area (Å²) in [5.74, 6) is 0. The van der Waals surface area contributed by atoms with Crippen molar-refractivity contribution in [2.45, 2.75) is 51.9 Å². The number of unbranched alkanes of at least 4 members (excludes halogenated alkanes) is 1. The van der Waals surface area contributed by atoms with Gasteiger partial charge in [-0.1, -0.05) is 19.9 Å². The second-order valence-electron chi connectivity index (χ2n) is 3.84. The molecule has 0 saturated carbocycles. The van der Waals surface area contributed by atoms with Crippen molar-refractivity contribution in [1.82, 2.24) is 0 Å². The van der Waals surface area contributed by atoms with Crippen LogP contribution < -0.4 is 0 Å². The molecule has 0 aliphatic carbocycles. The highest BCUT2D eigenvalue weighted by Gasteiger charge is 2.28. The highest BCUT2D eigenvalue weighted by atomic mass is 32.2. The summed E-state index contributed by atoms with van der Waals surface area (Å²) in [6, 6.07) is 0. The average molecular weight is 230 g/mol. The van der Waals surface area contributed by atoms with Gasteiger partial charge in [-0.3, -0.25) is 4.79 Å². The van der Waals surface area contributed by atoms with Crippen molar-refractivity contribution in [3.05, 3.63) is 12.2 Å². The number of thioether (sulfide) groups is 1. The summed E-state index contributed by atoms with van der Waals surface area (Å²) in [5.41, 5.74) is 0.586. The van der Waals surface area contributed by atoms with Crippen LogP contribution in [0.2, 0.25) is 0 Å². The van der Waals surface area contributed by atoms with Gasteiger partial charge in [0.05, 0.1) is 0 Å². The molecule has 0 aromatic rings. The lowest BCUT2D eigenvalue weighted by atomic mass is 10.2. The van der Waals surface area contributed by atoms with Gasteiger partial charge in [0.15, 0.2) is 0 Å². The second-order valence-corrected chi connectivity index (χ2v) is 5.28. The Labute approximate surface area is 97.5 Å². The van der Waals surface area contributed by atoms with Crippen LogP contribution in [0.5, 0.6) is 0 Å². The summed E-state index contributed by atoms with van der Waals surface area (Å²) in [6.07, 6.45) is 3.10. The molecule has 0 aliphatic heterocycles. The fraction of sp³-hybridized carbons (Fsp3) is 0.750. The van der Waals surface area contributed by atoms with E-state index in [1.165, 1.54) is 11.8 Å². The molecule has 1 unspecified atom stereocenters. The maximum Gasteiger partial charge on any atom is 0.217 e. The molecule has 0 N–H and O–H groups in total. The molecule has 0 spiro atoms. The fourth-order valence-corrected chi connectivity index (χ4v) is 2.23. The molecular weight excluding hydrogens is 208 g/mol. The minimum atomic E-state index is -0.388. The number of hydrogen-bond acceptors (Lipinski definition) is 3. The van der Waals surface area contributed by atoms with Crippen molar-refractivity contribution >= 4 is 16.9 Å². The molecule has 0 rings (SSSR count). The van der Waals surface area contributed by atoms with E-state index in [4.69, 9.17) is 4.74 Å². The molecule has 0 aromatic heterocycles. The molecule has 0 saturated heterocycles. The Morgan fingerprint density at radius 2 is 2.07 bits per heavy atom. The van der Waals surface area contributed by atoms with Crippen LogP contribution in [0.25, 0.3) is 0 Å². The number of ether oxygens (including phenoxy) is 1. The van der Waals surface area contributed by atoms with Crippen LogP contribution in [-0.2, 0) is 9.53 Å². The van der Waals surface area contributed by atoms with Gasteiger partial charge >= 0.3 is 0 Å². The Bertz CT molecular complexity index is 226. The van der Waals surface area contributed by atoms with Crippen molar-refractivity contribution in [2.24, 2.45) is 0 Å². The molecular formula is C12H22O2S. The van der Waals surface area contributed by atoms with Crippen LogP contribution in [0.4, 0.5) is 0 Å². The van der Waals surface area contributed by atoms with Crippen LogP contribution in [0, 0.1) is 0 Å². The quantitative estimate of drug-likeness (QED) is 0.492. The van der Waals surface area contributed by atoms with E-state index in [9.17, 15) is 4.79 Å². The molecule has 0 heterocycles. The van der Waals surface area contributed by atoms with E-state index >= 15 is 0 Å². The van der Waals surface area contributed by atoms with E-state index in [0.717, 1.165) is 19.3 Å². The van der Waals surface area contributed by atoms with Crippen molar-refractivity contribution in [1.29, 1.82) is 0 Å². The highest BCUT2D eigenvalue weighted by Crippen LogP contribution is 2.33. The Hall–Kier alpha value is -0.280. The molecule has 0 amide bonds. The summed E-state index contributed by atoms with van der Waals surface area (Å²) >= 11 is 1.26. The molecule has 1 atom stereocenters. The van der Waals surface area contributed by atoms with Gasteiger partial charge in [0, 0.05) is 6.61 Å². The number of hydrogen-bond donors (Lipinski definition) is 0. The molecule has 15 heavy (non-hydrogen) atoms. The maximum absolute atomic E-state index is 11.6. The third kappa shape index (κ3) is 6.00. The summed E-state index contributed by atoms with van der Waals surface area (Å²) in [7, 11) is 0. The lowest BCUT2D eigenvalue weighted by Gasteiger charge is -2.27. The van der Waals surface area contributed by atoms with E-state index in [2.05, 4.69) is 13.5 Å². The smallest absolute Gasteiger partial charge is 0.217 e. The lowest BCUT2D eigenvalue weighted by molar-refractivity contribution is -0.108. The van der Waals surface area contributed by atoms with Gasteiger partial charge in [-0.05, 0) is 50.9 Å². The Morgan fingerprint density at radius 1 is 1.47 bits per heavy atom. The van der Waals surface area contributed by atoms with Gasteiger partial charge in [-0.25, -0.2) is 0 Å². The molecule has 0 radical (unpaired) electrons. The molecule has 0 bridgehead atoms. The lowest BCUT2D eigenvalue weighted by Crippen LogP contribution is -2.26. The Balaban J connectivity index is 4.35. The Kier molecular flexibility index (Phi) is 6.94. The third-order valence-corrected chi connectivity index (χ3v) is 3.38. The first kappa shape index (κ1) is 14.7. The van der Waals surface area contributed by atoms with Gasteiger partial charge in [0.25, 0.3) is 0 Å². The van der Waals surface area contributed by atoms with Crippen LogP contribution >= 0.6 is 11.8 Å². The Morgan fingerprint density at radius 3 is 2.47 bits per heavy atom. The van der Waals surface area contributed by atoms with Gasteiger partial charge in [0.2, 0.25) is 5.12 Å². The number of carbonyl (C=O) groups excluding carboxylic acids is 1. The molecule has 3 heteroatoms. The predicted octanol–water partition coefficient (Wildman–Crippen LogP) is 3.77. The van der Waals surface area contributed by atoms with E-state index < -0.39 is 0 Å². The van der Waals surface area contributed by atoms with E-state index in [-0.39, 0.29) is 10.0 Å². The summed E-state index contributed by atoms with van der Waals surface area (Å²) in [6.45, 7) is 12.1. The molecule has 0 aromatic carbocycles. The van der Waals surface area contributed by atoms with Gasteiger partial charge < -0.3 is 4.74 Å². The highest BCUT2D eigenvalue weighted by molar-refractivity contribution is 8.15. The van der Waals surface area contributed by atoms with Crippen molar-refractivity contribution < 1.29 is 9.53 Å². The maximum atomic E-state index is 11.6. The summed E-state index contributed by atoms with van der Waals surface area (Å²) < 4.78 is 5.65. The zero-order valence-corrected chi connectivity index (χ0v) is 11.1. The van der Waals surface area contributed by atoms with Crippen LogP contribution in [-0.4, -0.2) is 16.7 Å². The average Bonchev–Trinajstić information content (AvgIpc) is 2.15. The number of carbonyl (C=O) groups is 1. The first-order valence-electron chi connectivity index (χ1n) is 5.48. The summed E-state index contributed by atoms with van der Waals surface area (Å²) in [5, 5.41) is 0.0297. The fourth-order valence-electron chi connectivity index (χ4n) is 1.24. The molecule has 88 valence electrons. The van der Waals surface area contributed by atoms with E-state index in [1.807, 2.05) is 13.8 Å². The van der Waals surface area contributed by atoms with Gasteiger partial charge in [0.1, 0.15) is 4.93 Å². The molecule has 2 nitrogen and oxygen atoms in total. The molecule has 0 aliphatic rings. The van der Waals surface area contributed by atoms with Gasteiger partial charge in [-0.2, -0.15) is 0 Å². The third-order valence-electron chi connectivity index (χ3n) is 2.09. The zero-order chi connectivity index (χ0) is 11.9. The van der Waals surface area contributed by atoms with Gasteiger partial charge in [-0.15, -0.1) is 0 Å². The predicted molar refractivity (Wildman–Crippen MR) is 67.0 cm³/mol. The normalized spacial score (nSPS) is 14.7. The SMILES string of the molecule is C=C(C)C(=O)SC(C)(CCCC)OCC. The zero-order valence-electron chi connectivity index (χ0n) is 10.3. The van der Waals surface area contributed by atoms with Crippen molar-refractivity contribution in [2.75, 3.05) is 6.61 Å². The van der Waals surface area contributed by atoms with E-state index in [0.29, 0.717) is 12.2 Å². The standard InChI is InChI=1S/C12H22O2S/c1-6-8-9-12(5,14-7-2)15-11(13)10(3)4/h3,6-9H2,1-2,4-5H3. The monoisotopic (exact) mass is 230 g/mol. The first-order valence-corrected chi connectivity index (χ1v) is 6.29. The number of rotatable bonds is 7. The minimum Gasteiger partial charge on any atom is -0.364 e. The first-order chi connectivity index (χ1) is 6.95. The van der Waals surface area contributed by atoms with Crippen molar-refractivity contribution in [3.8, 4) is 0 Å². The topological polar surface area (TPSA) is 26.3 Å². The van der Waals surface area contributed by atoms with Crippen LogP contribution in [0.15, 0.2) is 12.2 Å². The largest absolute Gasteiger partial charge is 0.364 e. The van der Waals surface area contributed by atoms with Crippen molar-refractivity contribution in [3.63, 3.8) is 0 Å². The summed E-state index contributed by atoms with van der Waals surface area (Å²) in [4.78, 5) is 11.2. The van der Waals surface area contributed by atoms with Crippen LogP contribution in [0.3, 0.4) is 0 Å². The molecule has 0 fully saturated rings. The van der Waals surface area contributed by atoms with Crippen LogP contribution in [0.1, 0.15) is 47.0 Å².